The molecule has 0 aromatic heterocycles. The first kappa shape index (κ1) is 22.0. The number of rotatable bonds is 6. The zero-order chi connectivity index (χ0) is 21.9. The van der Waals surface area contributed by atoms with Crippen molar-refractivity contribution in [3.05, 3.63) is 69.3 Å². The zero-order valence-electron chi connectivity index (χ0n) is 17.2. The number of likely N-dealkylation sites (tertiary alicyclic amines) is 1. The van der Waals surface area contributed by atoms with Gasteiger partial charge in [0.15, 0.2) is 9.84 Å². The van der Waals surface area contributed by atoms with Gasteiger partial charge in [-0.15, -0.1) is 0 Å². The molecule has 1 aliphatic heterocycles. The van der Waals surface area contributed by atoms with E-state index in [4.69, 9.17) is 0 Å². The number of nitro benzene ring substituents is 1. The van der Waals surface area contributed by atoms with Crippen LogP contribution >= 0.6 is 0 Å². The smallest absolute Gasteiger partial charge is 0.271 e. The van der Waals surface area contributed by atoms with Gasteiger partial charge in [-0.1, -0.05) is 29.8 Å². The molecule has 1 amide bonds. The maximum Gasteiger partial charge on any atom is 0.271 e. The van der Waals surface area contributed by atoms with E-state index in [9.17, 15) is 23.3 Å². The molecule has 1 saturated heterocycles. The summed E-state index contributed by atoms with van der Waals surface area (Å²) in [4.78, 5) is 24.8. The van der Waals surface area contributed by atoms with Crippen LogP contribution in [0.3, 0.4) is 0 Å². The molecule has 0 bridgehead atoms. The number of benzene rings is 2. The molecule has 1 aliphatic rings. The molecule has 2 aromatic carbocycles. The minimum absolute atomic E-state index is 0.0442. The molecular formula is C22H26N2O5S. The van der Waals surface area contributed by atoms with Crippen LogP contribution in [0.2, 0.25) is 0 Å². The van der Waals surface area contributed by atoms with E-state index in [0.717, 1.165) is 44.1 Å². The number of non-ortho nitro benzene ring substituents is 1. The molecule has 0 aliphatic carbocycles. The van der Waals surface area contributed by atoms with Crippen LogP contribution in [0.1, 0.15) is 40.7 Å². The largest absolute Gasteiger partial charge is 0.339 e. The van der Waals surface area contributed by atoms with Crippen molar-refractivity contribution < 1.29 is 18.1 Å². The Morgan fingerprint density at radius 2 is 1.77 bits per heavy atom. The minimum Gasteiger partial charge on any atom is -0.339 e. The van der Waals surface area contributed by atoms with Gasteiger partial charge in [0.2, 0.25) is 0 Å². The monoisotopic (exact) mass is 430 g/mol. The first-order valence-electron chi connectivity index (χ1n) is 9.98. The molecule has 0 radical (unpaired) electrons. The van der Waals surface area contributed by atoms with E-state index in [1.807, 2.05) is 0 Å². The second-order valence-corrected chi connectivity index (χ2v) is 10.0. The third-order valence-electron chi connectivity index (χ3n) is 5.64. The van der Waals surface area contributed by atoms with Crippen molar-refractivity contribution in [2.75, 3.05) is 19.3 Å². The molecule has 0 N–H and O–H groups in total. The third-order valence-corrected chi connectivity index (χ3v) is 6.73. The lowest BCUT2D eigenvalue weighted by Gasteiger charge is -2.32. The van der Waals surface area contributed by atoms with Gasteiger partial charge in [0, 0.05) is 37.0 Å². The minimum atomic E-state index is -3.67. The Kier molecular flexibility index (Phi) is 6.55. The topological polar surface area (TPSA) is 97.6 Å². The number of sulfone groups is 1. The number of hydrogen-bond acceptors (Lipinski definition) is 5. The summed E-state index contributed by atoms with van der Waals surface area (Å²) in [6.07, 6.45) is 4.76. The van der Waals surface area contributed by atoms with Gasteiger partial charge >= 0.3 is 0 Å². The molecule has 0 atom stereocenters. The molecule has 0 spiro atoms. The molecule has 0 saturated carbocycles. The number of piperidine rings is 1. The summed E-state index contributed by atoms with van der Waals surface area (Å²) in [5.41, 5.74) is 2.20. The number of nitrogens with zero attached hydrogens (tertiary/aromatic N) is 2. The maximum atomic E-state index is 12.9. The van der Waals surface area contributed by atoms with Crippen LogP contribution in [0.25, 0.3) is 0 Å². The van der Waals surface area contributed by atoms with Crippen molar-refractivity contribution in [1.82, 2.24) is 4.90 Å². The van der Waals surface area contributed by atoms with Crippen LogP contribution in [0.5, 0.6) is 0 Å². The third kappa shape index (κ3) is 5.44. The first-order chi connectivity index (χ1) is 14.1. The Hall–Kier alpha value is -2.74. The van der Waals surface area contributed by atoms with Crippen LogP contribution in [0, 0.1) is 23.0 Å². The number of hydrogen-bond donors (Lipinski definition) is 0. The average molecular weight is 431 g/mol. The standard InChI is InChI=1S/C22H26N2O5S/c1-16-3-5-17(6-4-16)7-8-18-9-11-23(12-10-18)22(25)19-13-20(24(26)27)15-21(14-19)30(2,28)29/h3-6,13-15,18H,7-12H2,1-2H3. The molecule has 160 valence electrons. The Labute approximate surface area is 176 Å². The maximum absolute atomic E-state index is 12.9. The summed E-state index contributed by atoms with van der Waals surface area (Å²) in [5, 5.41) is 11.2. The number of carbonyl (C=O) groups excluding carboxylic acids is 1. The van der Waals surface area contributed by atoms with E-state index < -0.39 is 20.4 Å². The highest BCUT2D eigenvalue weighted by atomic mass is 32.2. The number of amides is 1. The predicted octanol–water partition coefficient (Wildman–Crippen LogP) is 3.79. The van der Waals surface area contributed by atoms with Gasteiger partial charge in [-0.25, -0.2) is 8.42 Å². The number of carbonyl (C=O) groups is 1. The van der Waals surface area contributed by atoms with Crippen LogP contribution in [-0.4, -0.2) is 43.5 Å². The highest BCUT2D eigenvalue weighted by molar-refractivity contribution is 7.90. The zero-order valence-corrected chi connectivity index (χ0v) is 18.0. The molecule has 1 heterocycles. The Bertz CT molecular complexity index is 1040. The lowest BCUT2D eigenvalue weighted by atomic mass is 9.90. The Morgan fingerprint density at radius 3 is 2.33 bits per heavy atom. The van der Waals surface area contributed by atoms with Crippen LogP contribution in [-0.2, 0) is 16.3 Å². The van der Waals surface area contributed by atoms with Gasteiger partial charge in [-0.3, -0.25) is 14.9 Å². The van der Waals surface area contributed by atoms with E-state index in [0.29, 0.717) is 19.0 Å². The summed E-state index contributed by atoms with van der Waals surface area (Å²) in [5.74, 6) is 0.160. The summed E-state index contributed by atoms with van der Waals surface area (Å²) in [6, 6.07) is 11.9. The summed E-state index contributed by atoms with van der Waals surface area (Å²) in [7, 11) is -3.67. The van der Waals surface area contributed by atoms with Gasteiger partial charge < -0.3 is 4.90 Å². The Morgan fingerprint density at radius 1 is 1.13 bits per heavy atom. The lowest BCUT2D eigenvalue weighted by molar-refractivity contribution is -0.385. The van der Waals surface area contributed by atoms with Crippen molar-refractivity contribution in [3.63, 3.8) is 0 Å². The Balaban J connectivity index is 1.64. The fraction of sp³-hybridized carbons (Fsp3) is 0.409. The van der Waals surface area contributed by atoms with Crippen LogP contribution in [0.4, 0.5) is 5.69 Å². The molecule has 30 heavy (non-hydrogen) atoms. The molecule has 2 aromatic rings. The molecule has 7 nitrogen and oxygen atoms in total. The quantitative estimate of drug-likeness (QED) is 0.513. The van der Waals surface area contributed by atoms with Crippen molar-refractivity contribution >= 4 is 21.4 Å². The normalized spacial score (nSPS) is 15.2. The molecule has 3 rings (SSSR count). The predicted molar refractivity (Wildman–Crippen MR) is 114 cm³/mol. The second-order valence-electron chi connectivity index (χ2n) is 8.00. The van der Waals surface area contributed by atoms with Crippen molar-refractivity contribution in [1.29, 1.82) is 0 Å². The molecule has 1 fully saturated rings. The van der Waals surface area contributed by atoms with E-state index in [1.165, 1.54) is 17.2 Å². The van der Waals surface area contributed by atoms with Gasteiger partial charge in [0.05, 0.1) is 9.82 Å². The van der Waals surface area contributed by atoms with Crippen molar-refractivity contribution in [3.8, 4) is 0 Å². The van der Waals surface area contributed by atoms with Crippen molar-refractivity contribution in [2.45, 2.75) is 37.5 Å². The van der Waals surface area contributed by atoms with Crippen molar-refractivity contribution in [2.24, 2.45) is 5.92 Å². The van der Waals surface area contributed by atoms with Gasteiger partial charge in [0.1, 0.15) is 0 Å². The van der Waals surface area contributed by atoms with Gasteiger partial charge in [-0.05, 0) is 50.2 Å². The molecule has 8 heteroatoms. The van der Waals surface area contributed by atoms with E-state index in [-0.39, 0.29) is 16.4 Å². The van der Waals surface area contributed by atoms with E-state index >= 15 is 0 Å². The van der Waals surface area contributed by atoms with Crippen LogP contribution < -0.4 is 0 Å². The molecule has 0 unspecified atom stereocenters. The number of aryl methyl sites for hydroxylation is 2. The summed E-state index contributed by atoms with van der Waals surface area (Å²) in [6.45, 7) is 3.19. The number of nitro groups is 1. The van der Waals surface area contributed by atoms with Gasteiger partial charge in [-0.2, -0.15) is 0 Å². The average Bonchev–Trinajstić information content (AvgIpc) is 2.72. The van der Waals surface area contributed by atoms with Crippen LogP contribution in [0.15, 0.2) is 47.4 Å². The van der Waals surface area contributed by atoms with E-state index in [2.05, 4.69) is 31.2 Å². The second kappa shape index (κ2) is 8.95. The van der Waals surface area contributed by atoms with E-state index in [1.54, 1.807) is 4.90 Å². The highest BCUT2D eigenvalue weighted by Crippen LogP contribution is 2.26. The lowest BCUT2D eigenvalue weighted by Crippen LogP contribution is -2.38. The molecular weight excluding hydrogens is 404 g/mol. The summed E-state index contributed by atoms with van der Waals surface area (Å²) >= 11 is 0. The first-order valence-corrected chi connectivity index (χ1v) is 11.9. The summed E-state index contributed by atoms with van der Waals surface area (Å²) < 4.78 is 23.7. The fourth-order valence-corrected chi connectivity index (χ4v) is 4.44. The fourth-order valence-electron chi connectivity index (χ4n) is 3.76. The SMILES string of the molecule is Cc1ccc(CCC2CCN(C(=O)c3cc([N+](=O)[O-])cc(S(C)(=O)=O)c3)CC2)cc1. The van der Waals surface area contributed by atoms with Gasteiger partial charge in [0.25, 0.3) is 11.6 Å². The highest BCUT2D eigenvalue weighted by Gasteiger charge is 2.26.